The minimum absolute atomic E-state index is 0.117. The topological polar surface area (TPSA) is 70.3 Å². The molecule has 0 amide bonds. The third-order valence-electron chi connectivity index (χ3n) is 6.34. The molecule has 160 valence electrons. The smallest absolute Gasteiger partial charge is 0.161 e. The number of halogens is 1. The van der Waals surface area contributed by atoms with Crippen LogP contribution in [-0.2, 0) is 7.05 Å². The number of piperazine rings is 1. The molecule has 0 saturated carbocycles. The Balaban J connectivity index is 1.55. The van der Waals surface area contributed by atoms with Gasteiger partial charge in [0.15, 0.2) is 5.65 Å². The van der Waals surface area contributed by atoms with E-state index >= 15 is 0 Å². The molecule has 0 spiro atoms. The third kappa shape index (κ3) is 3.47. The van der Waals surface area contributed by atoms with Crippen molar-refractivity contribution in [3.05, 3.63) is 41.7 Å². The van der Waals surface area contributed by atoms with Gasteiger partial charge in [0.2, 0.25) is 0 Å². The molecule has 7 nitrogen and oxygen atoms in total. The van der Waals surface area contributed by atoms with Crippen LogP contribution in [0.5, 0.6) is 5.75 Å². The lowest BCUT2D eigenvalue weighted by atomic mass is 10.1. The molecule has 5 rings (SSSR count). The van der Waals surface area contributed by atoms with Crippen molar-refractivity contribution in [1.82, 2.24) is 24.6 Å². The molecule has 1 aliphatic rings. The summed E-state index contributed by atoms with van der Waals surface area (Å²) < 4.78 is 1.72. The second-order valence-electron chi connectivity index (χ2n) is 8.55. The number of hydrogen-bond donors (Lipinski definition) is 1. The zero-order valence-corrected chi connectivity index (χ0v) is 18.8. The van der Waals surface area contributed by atoms with E-state index in [1.54, 1.807) is 16.8 Å². The van der Waals surface area contributed by atoms with E-state index < -0.39 is 0 Å². The van der Waals surface area contributed by atoms with Crippen LogP contribution in [0.15, 0.2) is 36.7 Å². The molecule has 0 aliphatic carbocycles. The maximum atomic E-state index is 10.6. The lowest BCUT2D eigenvalue weighted by Crippen LogP contribution is -2.55. The van der Waals surface area contributed by atoms with Gasteiger partial charge in [-0.15, -0.1) is 0 Å². The Labute approximate surface area is 185 Å². The van der Waals surface area contributed by atoms with Crippen LogP contribution in [0.3, 0.4) is 0 Å². The fourth-order valence-electron chi connectivity index (χ4n) is 4.37. The Morgan fingerprint density at radius 2 is 1.81 bits per heavy atom. The minimum atomic E-state index is 0.117. The van der Waals surface area contributed by atoms with Gasteiger partial charge in [-0.25, -0.2) is 9.97 Å². The van der Waals surface area contributed by atoms with Crippen LogP contribution in [0.1, 0.15) is 13.8 Å². The standard InChI is InChI=1S/C23H25ClN6O/c1-13-10-30(11-14(2)29(13)4)16-6-17-19(24)7-21(26-23(17)25-9-16)18-5-15-12-28(3)27-20(15)8-22(18)31/h5-9,12-14,31H,10-11H2,1-4H3/t13-,14+. The predicted molar refractivity (Wildman–Crippen MR) is 125 cm³/mol. The van der Waals surface area contributed by atoms with Gasteiger partial charge < -0.3 is 10.0 Å². The second kappa shape index (κ2) is 7.35. The number of pyridine rings is 2. The maximum absolute atomic E-state index is 10.6. The van der Waals surface area contributed by atoms with Crippen LogP contribution >= 0.6 is 11.6 Å². The van der Waals surface area contributed by atoms with Gasteiger partial charge in [0.05, 0.1) is 28.1 Å². The second-order valence-corrected chi connectivity index (χ2v) is 8.96. The lowest BCUT2D eigenvalue weighted by molar-refractivity contribution is 0.170. The van der Waals surface area contributed by atoms with Crippen molar-refractivity contribution in [3.63, 3.8) is 0 Å². The molecule has 1 N–H and O–H groups in total. The summed E-state index contributed by atoms with van der Waals surface area (Å²) >= 11 is 6.67. The van der Waals surface area contributed by atoms with Gasteiger partial charge in [-0.2, -0.15) is 5.10 Å². The largest absolute Gasteiger partial charge is 0.507 e. The van der Waals surface area contributed by atoms with E-state index in [1.807, 2.05) is 25.5 Å². The molecular formula is C23H25ClN6O. The number of likely N-dealkylation sites (N-methyl/N-ethyl adjacent to an activating group) is 1. The predicted octanol–water partition coefficient (Wildman–Crippen LogP) is 4.07. The highest BCUT2D eigenvalue weighted by molar-refractivity contribution is 6.35. The van der Waals surface area contributed by atoms with Gasteiger partial charge in [0, 0.05) is 60.8 Å². The van der Waals surface area contributed by atoms with Gasteiger partial charge in [0.25, 0.3) is 0 Å². The van der Waals surface area contributed by atoms with Gasteiger partial charge >= 0.3 is 0 Å². The summed E-state index contributed by atoms with van der Waals surface area (Å²) in [6.07, 6.45) is 3.77. The SMILES string of the molecule is C[C@@H]1CN(c2cnc3nc(-c4cc5cn(C)nc5cc4O)cc(Cl)c3c2)C[C@H](C)N1C. The van der Waals surface area contributed by atoms with Crippen molar-refractivity contribution in [2.45, 2.75) is 25.9 Å². The number of aryl methyl sites for hydroxylation is 1. The normalized spacial score (nSPS) is 20.1. The summed E-state index contributed by atoms with van der Waals surface area (Å²) in [5.74, 6) is 0.117. The third-order valence-corrected chi connectivity index (χ3v) is 6.65. The van der Waals surface area contributed by atoms with Crippen molar-refractivity contribution in [1.29, 1.82) is 0 Å². The average Bonchev–Trinajstić information content (AvgIpc) is 3.09. The number of benzene rings is 1. The first-order valence-corrected chi connectivity index (χ1v) is 10.8. The Morgan fingerprint density at radius 1 is 1.06 bits per heavy atom. The number of rotatable bonds is 2. The van der Waals surface area contributed by atoms with Crippen molar-refractivity contribution in [2.24, 2.45) is 7.05 Å². The Hall–Kier alpha value is -2.90. The first-order chi connectivity index (χ1) is 14.8. The summed E-state index contributed by atoms with van der Waals surface area (Å²) in [5.41, 5.74) is 3.54. The molecule has 3 aromatic heterocycles. The summed E-state index contributed by atoms with van der Waals surface area (Å²) in [4.78, 5) is 14.1. The van der Waals surface area contributed by atoms with Gasteiger partial charge in [-0.05, 0) is 39.1 Å². The molecule has 1 aliphatic heterocycles. The maximum Gasteiger partial charge on any atom is 0.161 e. The number of nitrogens with zero attached hydrogens (tertiary/aromatic N) is 6. The number of phenolic OH excluding ortho intramolecular Hbond substituents is 1. The molecule has 2 atom stereocenters. The Kier molecular flexibility index (Phi) is 4.75. The summed E-state index contributed by atoms with van der Waals surface area (Å²) in [6, 6.07) is 8.31. The Morgan fingerprint density at radius 3 is 2.55 bits per heavy atom. The highest BCUT2D eigenvalue weighted by Crippen LogP contribution is 2.36. The number of hydrogen-bond acceptors (Lipinski definition) is 6. The fourth-order valence-corrected chi connectivity index (χ4v) is 4.61. The average molecular weight is 437 g/mol. The summed E-state index contributed by atoms with van der Waals surface area (Å²) in [7, 11) is 4.02. The molecule has 0 bridgehead atoms. The number of phenols is 1. The van der Waals surface area contributed by atoms with Gasteiger partial charge in [-0.1, -0.05) is 11.6 Å². The molecule has 1 fully saturated rings. The highest BCUT2D eigenvalue weighted by Gasteiger charge is 2.27. The molecule has 0 unspecified atom stereocenters. The van der Waals surface area contributed by atoms with Crippen LogP contribution in [0.2, 0.25) is 5.02 Å². The first-order valence-electron chi connectivity index (χ1n) is 10.4. The zero-order chi connectivity index (χ0) is 21.9. The van der Waals surface area contributed by atoms with E-state index in [2.05, 4.69) is 46.8 Å². The monoisotopic (exact) mass is 436 g/mol. The molecule has 1 saturated heterocycles. The summed E-state index contributed by atoms with van der Waals surface area (Å²) in [5, 5.41) is 17.2. The van der Waals surface area contributed by atoms with Crippen molar-refractivity contribution in [2.75, 3.05) is 25.0 Å². The minimum Gasteiger partial charge on any atom is -0.507 e. The molecule has 1 aromatic carbocycles. The van der Waals surface area contributed by atoms with Crippen LogP contribution in [0.4, 0.5) is 5.69 Å². The van der Waals surface area contributed by atoms with E-state index in [0.717, 1.165) is 35.1 Å². The molecule has 31 heavy (non-hydrogen) atoms. The molecule has 8 heteroatoms. The lowest BCUT2D eigenvalue weighted by Gasteiger charge is -2.43. The van der Waals surface area contributed by atoms with Crippen molar-refractivity contribution < 1.29 is 5.11 Å². The van der Waals surface area contributed by atoms with E-state index in [9.17, 15) is 5.11 Å². The molecule has 0 radical (unpaired) electrons. The highest BCUT2D eigenvalue weighted by atomic mass is 35.5. The zero-order valence-electron chi connectivity index (χ0n) is 18.0. The van der Waals surface area contributed by atoms with Crippen LogP contribution in [0, 0.1) is 0 Å². The number of aromatic hydroxyl groups is 1. The molecule has 4 aromatic rings. The fraction of sp³-hybridized carbons (Fsp3) is 0.348. The van der Waals surface area contributed by atoms with E-state index in [0.29, 0.717) is 34.0 Å². The summed E-state index contributed by atoms with van der Waals surface area (Å²) in [6.45, 7) is 6.36. The van der Waals surface area contributed by atoms with Gasteiger partial charge in [-0.3, -0.25) is 9.58 Å². The number of fused-ring (bicyclic) bond motifs is 2. The van der Waals surface area contributed by atoms with Crippen LogP contribution in [0.25, 0.3) is 33.2 Å². The van der Waals surface area contributed by atoms with Crippen LogP contribution in [-0.4, -0.2) is 62.0 Å². The van der Waals surface area contributed by atoms with Crippen molar-refractivity contribution in [3.8, 4) is 17.0 Å². The first kappa shape index (κ1) is 20.0. The van der Waals surface area contributed by atoms with Crippen molar-refractivity contribution >= 4 is 39.2 Å². The number of aromatic nitrogens is 4. The quantitative estimate of drug-likeness (QED) is 0.510. The number of anilines is 1. The van der Waals surface area contributed by atoms with E-state index in [1.165, 1.54) is 0 Å². The van der Waals surface area contributed by atoms with Gasteiger partial charge in [0.1, 0.15) is 5.75 Å². The van der Waals surface area contributed by atoms with Crippen LogP contribution < -0.4 is 4.90 Å². The van der Waals surface area contributed by atoms with E-state index in [4.69, 9.17) is 16.6 Å². The Bertz CT molecular complexity index is 1290. The molecular weight excluding hydrogens is 412 g/mol. The van der Waals surface area contributed by atoms with E-state index in [-0.39, 0.29) is 5.75 Å². The molecule has 4 heterocycles.